The van der Waals surface area contributed by atoms with Crippen molar-refractivity contribution in [2.75, 3.05) is 11.9 Å². The fourth-order valence-electron chi connectivity index (χ4n) is 7.35. The van der Waals surface area contributed by atoms with Crippen LogP contribution in [-0.2, 0) is 25.7 Å². The van der Waals surface area contributed by atoms with E-state index in [-0.39, 0.29) is 38.1 Å². The molecule has 49 heavy (non-hydrogen) atoms. The Morgan fingerprint density at radius 1 is 1.16 bits per heavy atom. The Kier molecular flexibility index (Phi) is 9.12. The van der Waals surface area contributed by atoms with Crippen LogP contribution in [0.15, 0.2) is 55.4 Å². The molecule has 6 rings (SSSR count). The Hall–Kier alpha value is -4.94. The number of carbonyl (C=O) groups excluding carboxylic acids is 4. The van der Waals surface area contributed by atoms with Crippen molar-refractivity contribution >= 4 is 35.6 Å². The largest absolute Gasteiger partial charge is 0.479 e. The Balaban J connectivity index is 1.28. The Morgan fingerprint density at radius 2 is 1.92 bits per heavy atom. The number of likely N-dealkylation sites (tertiary alicyclic amines) is 1. The molecule has 2 aliphatic carbocycles. The number of pyridine rings is 1. The quantitative estimate of drug-likeness (QED) is 0.286. The number of hydrogen-bond acceptors (Lipinski definition) is 7. The van der Waals surface area contributed by atoms with Crippen molar-refractivity contribution in [2.24, 2.45) is 11.3 Å². The second-order valence-electron chi connectivity index (χ2n) is 14.6. The zero-order chi connectivity index (χ0) is 35.1. The van der Waals surface area contributed by atoms with Crippen molar-refractivity contribution in [3.63, 3.8) is 0 Å². The van der Waals surface area contributed by atoms with Gasteiger partial charge >= 0.3 is 18.1 Å². The second-order valence-corrected chi connectivity index (χ2v) is 14.6. The van der Waals surface area contributed by atoms with Crippen molar-refractivity contribution in [2.45, 2.75) is 95.6 Å². The number of aromatic nitrogens is 1. The smallest absolute Gasteiger partial charge is 0.408 e. The van der Waals surface area contributed by atoms with Crippen LogP contribution in [0.2, 0.25) is 0 Å². The minimum absolute atomic E-state index is 0.00113. The summed E-state index contributed by atoms with van der Waals surface area (Å²) in [6.07, 6.45) is 7.70. The van der Waals surface area contributed by atoms with Crippen LogP contribution in [0.5, 0.6) is 0 Å². The van der Waals surface area contributed by atoms with Crippen LogP contribution in [0.1, 0.15) is 64.9 Å². The number of carboxylic acids is 1. The van der Waals surface area contributed by atoms with Gasteiger partial charge in [0.2, 0.25) is 11.8 Å². The van der Waals surface area contributed by atoms with Gasteiger partial charge in [0.25, 0.3) is 0 Å². The number of carboxylic acid groups (broad SMARTS) is 1. The minimum Gasteiger partial charge on any atom is -0.479 e. The van der Waals surface area contributed by atoms with E-state index < -0.39 is 58.9 Å². The summed E-state index contributed by atoms with van der Waals surface area (Å²) in [4.78, 5) is 74.6. The van der Waals surface area contributed by atoms with Crippen LogP contribution >= 0.6 is 0 Å². The second kappa shape index (κ2) is 13.2. The Bertz CT molecular complexity index is 1650. The number of carbonyl (C=O) groups is 5. The van der Waals surface area contributed by atoms with Gasteiger partial charge < -0.3 is 35.6 Å². The summed E-state index contributed by atoms with van der Waals surface area (Å²) in [5.74, 6) is -2.79. The summed E-state index contributed by atoms with van der Waals surface area (Å²) in [6.45, 7) is 9.35. The number of benzene rings is 1. The average Bonchev–Trinajstić information content (AvgIpc) is 3.35. The van der Waals surface area contributed by atoms with E-state index in [9.17, 15) is 29.1 Å². The number of urea groups is 1. The van der Waals surface area contributed by atoms with E-state index >= 15 is 0 Å². The van der Waals surface area contributed by atoms with Crippen molar-refractivity contribution in [1.82, 2.24) is 25.4 Å². The lowest BCUT2D eigenvalue weighted by Crippen LogP contribution is -2.59. The molecule has 13 heteroatoms. The summed E-state index contributed by atoms with van der Waals surface area (Å²) in [6, 6.07) is 6.32. The summed E-state index contributed by atoms with van der Waals surface area (Å²) < 4.78 is 5.61. The molecule has 0 spiro atoms. The zero-order valence-electron chi connectivity index (χ0n) is 28.1. The number of nitrogens with zero attached hydrogens (tertiary/aromatic N) is 3. The minimum atomic E-state index is -1.51. The van der Waals surface area contributed by atoms with Crippen molar-refractivity contribution < 1.29 is 33.8 Å². The molecular formula is C36H44N6O7. The molecular weight excluding hydrogens is 628 g/mol. The normalized spacial score (nSPS) is 25.5. The molecule has 1 saturated heterocycles. The van der Waals surface area contributed by atoms with Crippen molar-refractivity contribution in [3.8, 4) is 11.1 Å². The van der Waals surface area contributed by atoms with Gasteiger partial charge in [0.05, 0.1) is 11.7 Å². The van der Waals surface area contributed by atoms with Gasteiger partial charge in [-0.05, 0) is 55.6 Å². The molecule has 0 bridgehead atoms. The molecule has 5 amide bonds. The Labute approximate surface area is 285 Å². The lowest BCUT2D eigenvalue weighted by Gasteiger charge is -2.36. The molecule has 2 aromatic rings. The van der Waals surface area contributed by atoms with Gasteiger partial charge in [-0.15, -0.1) is 6.58 Å². The molecule has 3 fully saturated rings. The SMILES string of the molecule is C=C[C@@H]1C[C@]1(NC(=O)[C@@H]1C[C@@H](N2Cc3cccc(-c4cccnc4)c3NC2=O)CN1C(=O)[C@@H](NC(=O)OC1CCCC1)C(C)(C)C)C(=O)O. The highest BCUT2D eigenvalue weighted by molar-refractivity contribution is 5.99. The molecule has 3 heterocycles. The molecule has 4 aliphatic rings. The maximum absolute atomic E-state index is 14.4. The van der Waals surface area contributed by atoms with Gasteiger partial charge in [0.1, 0.15) is 23.7 Å². The number of amides is 5. The standard InChI is InChI=1S/C36H44N6O7/c1-5-23-17-36(23,32(45)46)40-30(43)27-16-24(20-42(27)31(44)29(35(2,3)4)39-34(48)49-25-12-6-7-13-25)41-19-22-10-8-14-26(28(22)38-33(41)47)21-11-9-15-37-18-21/h5,8-11,14-15,18,23-25,27,29H,1,6-7,12-13,16-17,19-20H2,2-4H3,(H,38,47)(H,39,48)(H,40,43)(H,45,46)/t23-,24-,27+,29-,36-/m1/s1. The predicted octanol–water partition coefficient (Wildman–Crippen LogP) is 4.29. The first kappa shape index (κ1) is 33.9. The number of hydrogen-bond donors (Lipinski definition) is 4. The molecule has 0 unspecified atom stereocenters. The molecule has 4 N–H and O–H groups in total. The molecule has 1 aromatic carbocycles. The van der Waals surface area contributed by atoms with E-state index in [1.54, 1.807) is 38.1 Å². The average molecular weight is 673 g/mol. The van der Waals surface area contributed by atoms with Crippen molar-refractivity contribution in [1.29, 1.82) is 0 Å². The first-order valence-electron chi connectivity index (χ1n) is 16.9. The number of ether oxygens (including phenoxy) is 1. The number of anilines is 1. The summed E-state index contributed by atoms with van der Waals surface area (Å²) in [7, 11) is 0. The third kappa shape index (κ3) is 6.70. The third-order valence-electron chi connectivity index (χ3n) is 10.2. The number of aliphatic carboxylic acids is 1. The van der Waals surface area contributed by atoms with Gasteiger partial charge in [-0.25, -0.2) is 14.4 Å². The number of para-hydroxylation sites is 1. The van der Waals surface area contributed by atoms with Gasteiger partial charge in [0, 0.05) is 42.5 Å². The highest BCUT2D eigenvalue weighted by atomic mass is 16.6. The number of rotatable bonds is 9. The van der Waals surface area contributed by atoms with Crippen LogP contribution in [0.4, 0.5) is 15.3 Å². The van der Waals surface area contributed by atoms with Crippen molar-refractivity contribution in [3.05, 3.63) is 60.9 Å². The van der Waals surface area contributed by atoms with Crippen LogP contribution in [-0.4, -0.2) is 86.1 Å². The first-order chi connectivity index (χ1) is 23.3. The highest BCUT2D eigenvalue weighted by Gasteiger charge is 2.61. The van der Waals surface area contributed by atoms with Gasteiger partial charge in [0.15, 0.2) is 0 Å². The summed E-state index contributed by atoms with van der Waals surface area (Å²) >= 11 is 0. The molecule has 2 aliphatic heterocycles. The monoisotopic (exact) mass is 672 g/mol. The lowest BCUT2D eigenvalue weighted by molar-refractivity contribution is -0.146. The first-order valence-corrected chi connectivity index (χ1v) is 16.9. The van der Waals surface area contributed by atoms with Gasteiger partial charge in [-0.2, -0.15) is 0 Å². The fourth-order valence-corrected chi connectivity index (χ4v) is 7.35. The Morgan fingerprint density at radius 3 is 2.55 bits per heavy atom. The summed E-state index contributed by atoms with van der Waals surface area (Å²) in [5, 5.41) is 18.5. The van der Waals surface area contributed by atoms with Gasteiger partial charge in [-0.3, -0.25) is 14.6 Å². The van der Waals surface area contributed by atoms with Crippen LogP contribution in [0, 0.1) is 11.3 Å². The third-order valence-corrected chi connectivity index (χ3v) is 10.2. The van der Waals surface area contributed by atoms with E-state index in [2.05, 4.69) is 27.5 Å². The predicted molar refractivity (Wildman–Crippen MR) is 180 cm³/mol. The highest BCUT2D eigenvalue weighted by Crippen LogP contribution is 2.45. The van der Waals surface area contributed by atoms with E-state index in [0.717, 1.165) is 42.4 Å². The zero-order valence-corrected chi connectivity index (χ0v) is 28.1. The van der Waals surface area contributed by atoms with E-state index in [4.69, 9.17) is 4.74 Å². The topological polar surface area (TPSA) is 170 Å². The van der Waals surface area contributed by atoms with Gasteiger partial charge in [-0.1, -0.05) is 51.1 Å². The molecule has 5 atom stereocenters. The van der Waals surface area contributed by atoms with E-state index in [0.29, 0.717) is 5.69 Å². The number of fused-ring (bicyclic) bond motifs is 1. The van der Waals surface area contributed by atoms with Crippen LogP contribution in [0.3, 0.4) is 0 Å². The maximum atomic E-state index is 14.4. The number of alkyl carbamates (subject to hydrolysis) is 1. The lowest BCUT2D eigenvalue weighted by atomic mass is 9.85. The van der Waals surface area contributed by atoms with Crippen LogP contribution < -0.4 is 16.0 Å². The molecule has 1 aromatic heterocycles. The molecule has 2 saturated carbocycles. The van der Waals surface area contributed by atoms with E-state index in [1.807, 2.05) is 30.3 Å². The molecule has 260 valence electrons. The van der Waals surface area contributed by atoms with Crippen LogP contribution in [0.25, 0.3) is 11.1 Å². The molecule has 0 radical (unpaired) electrons. The number of nitrogens with one attached hydrogen (secondary N) is 3. The fraction of sp³-hybridized carbons (Fsp3) is 0.500. The maximum Gasteiger partial charge on any atom is 0.408 e. The molecule has 13 nitrogen and oxygen atoms in total. The summed E-state index contributed by atoms with van der Waals surface area (Å²) in [5.41, 5.74) is 0.905. The van der Waals surface area contributed by atoms with E-state index in [1.165, 1.54) is 11.0 Å².